The number of nitrogens with zero attached hydrogens (tertiary/aromatic N) is 1. The van der Waals surface area contributed by atoms with Crippen molar-refractivity contribution in [2.24, 2.45) is 0 Å². The monoisotopic (exact) mass is 268 g/mol. The zero-order valence-corrected chi connectivity index (χ0v) is 10.5. The number of anilines is 1. The van der Waals surface area contributed by atoms with E-state index >= 15 is 0 Å². The number of H-pyrrole nitrogens is 2. The molecule has 0 aliphatic rings. The topological polar surface area (TPSA) is 90.6 Å². The second-order valence-corrected chi connectivity index (χ2v) is 4.34. The first kappa shape index (κ1) is 12.2. The summed E-state index contributed by atoms with van der Waals surface area (Å²) >= 11 is 0. The second kappa shape index (κ2) is 5.00. The van der Waals surface area contributed by atoms with Crippen molar-refractivity contribution in [3.63, 3.8) is 0 Å². The number of rotatable bonds is 3. The van der Waals surface area contributed by atoms with Crippen LogP contribution in [0.5, 0.6) is 0 Å². The number of hydrogen-bond acceptors (Lipinski definition) is 4. The molecule has 3 aromatic rings. The van der Waals surface area contributed by atoms with E-state index in [2.05, 4.69) is 20.3 Å². The first-order chi connectivity index (χ1) is 9.72. The molecule has 0 atom stereocenters. The Labute approximate surface area is 113 Å². The Morgan fingerprint density at radius 2 is 1.80 bits per heavy atom. The Morgan fingerprint density at radius 3 is 2.55 bits per heavy atom. The van der Waals surface area contributed by atoms with Crippen LogP contribution >= 0.6 is 0 Å². The predicted octanol–water partition coefficient (Wildman–Crippen LogP) is 1.22. The van der Waals surface area contributed by atoms with E-state index in [-0.39, 0.29) is 0 Å². The van der Waals surface area contributed by atoms with Gasteiger partial charge in [-0.15, -0.1) is 0 Å². The molecule has 0 spiro atoms. The number of pyridine rings is 1. The standard InChI is InChI=1S/C14H12N4O2/c19-13-14(20)18-12-7-9(4-5-11(12)17-13)16-8-10-3-1-2-6-15-10/h1-7,16H,8H2,(H,17,19)(H,18,20). The van der Waals surface area contributed by atoms with Gasteiger partial charge < -0.3 is 15.3 Å². The highest BCUT2D eigenvalue weighted by molar-refractivity contribution is 5.78. The van der Waals surface area contributed by atoms with E-state index < -0.39 is 11.1 Å². The highest BCUT2D eigenvalue weighted by Gasteiger charge is 2.01. The van der Waals surface area contributed by atoms with Crippen molar-refractivity contribution in [2.75, 3.05) is 5.32 Å². The van der Waals surface area contributed by atoms with E-state index in [1.165, 1.54) is 0 Å². The van der Waals surface area contributed by atoms with Gasteiger partial charge in [0.1, 0.15) is 0 Å². The Hall–Kier alpha value is -2.89. The fourth-order valence-electron chi connectivity index (χ4n) is 1.92. The van der Waals surface area contributed by atoms with Crippen LogP contribution in [0.4, 0.5) is 5.69 Å². The average Bonchev–Trinajstić information content (AvgIpc) is 2.47. The van der Waals surface area contributed by atoms with E-state index in [0.29, 0.717) is 17.6 Å². The molecule has 0 amide bonds. The normalized spacial score (nSPS) is 10.6. The van der Waals surface area contributed by atoms with Crippen LogP contribution in [0.2, 0.25) is 0 Å². The maximum absolute atomic E-state index is 11.3. The molecule has 0 saturated heterocycles. The Kier molecular flexibility index (Phi) is 3.04. The van der Waals surface area contributed by atoms with Gasteiger partial charge in [0.2, 0.25) is 0 Å². The average molecular weight is 268 g/mol. The summed E-state index contributed by atoms with van der Waals surface area (Å²) in [7, 11) is 0. The fraction of sp³-hybridized carbons (Fsp3) is 0.0714. The summed E-state index contributed by atoms with van der Waals surface area (Å²) in [5.74, 6) is 0. The van der Waals surface area contributed by atoms with Gasteiger partial charge in [0, 0.05) is 11.9 Å². The molecule has 6 heteroatoms. The summed E-state index contributed by atoms with van der Waals surface area (Å²) in [6.45, 7) is 0.583. The molecule has 20 heavy (non-hydrogen) atoms. The number of fused-ring (bicyclic) bond motifs is 1. The van der Waals surface area contributed by atoms with Crippen molar-refractivity contribution in [3.8, 4) is 0 Å². The zero-order chi connectivity index (χ0) is 13.9. The molecule has 0 aliphatic carbocycles. The molecule has 0 aliphatic heterocycles. The van der Waals surface area contributed by atoms with Crippen molar-refractivity contribution in [2.45, 2.75) is 6.54 Å². The van der Waals surface area contributed by atoms with Gasteiger partial charge in [-0.3, -0.25) is 14.6 Å². The van der Waals surface area contributed by atoms with Gasteiger partial charge >= 0.3 is 11.1 Å². The van der Waals surface area contributed by atoms with Crippen LogP contribution in [0.1, 0.15) is 5.69 Å². The summed E-state index contributed by atoms with van der Waals surface area (Å²) < 4.78 is 0. The van der Waals surface area contributed by atoms with E-state index in [0.717, 1.165) is 11.4 Å². The summed E-state index contributed by atoms with van der Waals surface area (Å²) in [4.78, 5) is 31.8. The summed E-state index contributed by atoms with van der Waals surface area (Å²) in [6, 6.07) is 11.1. The molecular weight excluding hydrogens is 256 g/mol. The SMILES string of the molecule is O=c1[nH]c2ccc(NCc3ccccn3)cc2[nH]c1=O. The number of aromatic nitrogens is 3. The van der Waals surface area contributed by atoms with E-state index in [1.54, 1.807) is 18.3 Å². The Bertz CT molecular complexity index is 852. The maximum atomic E-state index is 11.3. The lowest BCUT2D eigenvalue weighted by molar-refractivity contribution is 1.05. The van der Waals surface area contributed by atoms with Crippen LogP contribution in [0.15, 0.2) is 52.2 Å². The van der Waals surface area contributed by atoms with E-state index in [9.17, 15) is 9.59 Å². The van der Waals surface area contributed by atoms with Gasteiger partial charge in [0.15, 0.2) is 0 Å². The van der Waals surface area contributed by atoms with Crippen molar-refractivity contribution in [1.82, 2.24) is 15.0 Å². The van der Waals surface area contributed by atoms with Gasteiger partial charge in [-0.2, -0.15) is 0 Å². The molecule has 100 valence electrons. The predicted molar refractivity (Wildman–Crippen MR) is 76.8 cm³/mol. The smallest absolute Gasteiger partial charge is 0.314 e. The van der Waals surface area contributed by atoms with Crippen molar-refractivity contribution >= 4 is 16.7 Å². The number of nitrogens with one attached hydrogen (secondary N) is 3. The maximum Gasteiger partial charge on any atom is 0.314 e. The van der Waals surface area contributed by atoms with Crippen LogP contribution in [-0.4, -0.2) is 15.0 Å². The lowest BCUT2D eigenvalue weighted by Crippen LogP contribution is -2.28. The third-order valence-corrected chi connectivity index (χ3v) is 2.92. The third-order valence-electron chi connectivity index (χ3n) is 2.92. The molecule has 0 saturated carbocycles. The molecule has 3 N–H and O–H groups in total. The number of aromatic amines is 2. The molecule has 0 bridgehead atoms. The molecule has 0 radical (unpaired) electrons. The lowest BCUT2D eigenvalue weighted by atomic mass is 10.2. The molecular formula is C14H12N4O2. The van der Waals surface area contributed by atoms with Crippen molar-refractivity contribution < 1.29 is 0 Å². The fourth-order valence-corrected chi connectivity index (χ4v) is 1.92. The first-order valence-corrected chi connectivity index (χ1v) is 6.12. The molecule has 0 fully saturated rings. The quantitative estimate of drug-likeness (QED) is 0.623. The molecule has 0 unspecified atom stereocenters. The van der Waals surface area contributed by atoms with Gasteiger partial charge in [-0.25, -0.2) is 0 Å². The Morgan fingerprint density at radius 1 is 1.00 bits per heavy atom. The van der Waals surface area contributed by atoms with E-state index in [1.807, 2.05) is 24.3 Å². The van der Waals surface area contributed by atoms with Crippen LogP contribution in [0.3, 0.4) is 0 Å². The minimum atomic E-state index is -0.653. The minimum absolute atomic E-state index is 0.583. The second-order valence-electron chi connectivity index (χ2n) is 4.34. The van der Waals surface area contributed by atoms with Crippen LogP contribution < -0.4 is 16.4 Å². The zero-order valence-electron chi connectivity index (χ0n) is 10.5. The lowest BCUT2D eigenvalue weighted by Gasteiger charge is -2.06. The van der Waals surface area contributed by atoms with Gasteiger partial charge in [0.25, 0.3) is 0 Å². The summed E-state index contributed by atoms with van der Waals surface area (Å²) in [6.07, 6.45) is 1.74. The Balaban J connectivity index is 1.88. The summed E-state index contributed by atoms with van der Waals surface area (Å²) in [5, 5.41) is 3.21. The molecule has 2 aromatic heterocycles. The van der Waals surface area contributed by atoms with Gasteiger partial charge in [-0.1, -0.05) is 6.07 Å². The summed E-state index contributed by atoms with van der Waals surface area (Å²) in [5.41, 5.74) is 1.64. The van der Waals surface area contributed by atoms with Crippen LogP contribution in [0.25, 0.3) is 11.0 Å². The molecule has 2 heterocycles. The van der Waals surface area contributed by atoms with Gasteiger partial charge in [-0.05, 0) is 30.3 Å². The van der Waals surface area contributed by atoms with Crippen LogP contribution in [-0.2, 0) is 6.54 Å². The number of benzene rings is 1. The van der Waals surface area contributed by atoms with Crippen molar-refractivity contribution in [3.05, 3.63) is 69.0 Å². The minimum Gasteiger partial charge on any atom is -0.379 e. The van der Waals surface area contributed by atoms with Gasteiger partial charge in [0.05, 0.1) is 23.3 Å². The largest absolute Gasteiger partial charge is 0.379 e. The first-order valence-electron chi connectivity index (χ1n) is 6.12. The number of hydrogen-bond donors (Lipinski definition) is 3. The van der Waals surface area contributed by atoms with Crippen molar-refractivity contribution in [1.29, 1.82) is 0 Å². The molecule has 1 aromatic carbocycles. The van der Waals surface area contributed by atoms with E-state index in [4.69, 9.17) is 0 Å². The molecule has 3 rings (SSSR count). The third kappa shape index (κ3) is 2.44. The van der Waals surface area contributed by atoms with Crippen LogP contribution in [0, 0.1) is 0 Å². The highest BCUT2D eigenvalue weighted by atomic mass is 16.2. The highest BCUT2D eigenvalue weighted by Crippen LogP contribution is 2.14. The molecule has 6 nitrogen and oxygen atoms in total.